The Morgan fingerprint density at radius 3 is 2.33 bits per heavy atom. The third kappa shape index (κ3) is 3.09. The standard InChI is InChI=1S/C16H19NO3S/c1-3-17(15-7-5-4-6-8-15)21(19,20)16-10-9-13(2)14(11-16)12-18/h4-11,18H,3,12H2,1-2H3. The number of sulfonamides is 1. The average molecular weight is 305 g/mol. The van der Waals surface area contributed by atoms with E-state index in [-0.39, 0.29) is 11.5 Å². The van der Waals surface area contributed by atoms with E-state index in [1.54, 1.807) is 31.2 Å². The summed E-state index contributed by atoms with van der Waals surface area (Å²) < 4.78 is 26.9. The van der Waals surface area contributed by atoms with Gasteiger partial charge in [-0.15, -0.1) is 0 Å². The Morgan fingerprint density at radius 1 is 1.10 bits per heavy atom. The van der Waals surface area contributed by atoms with E-state index in [1.807, 2.05) is 25.1 Å². The zero-order valence-electron chi connectivity index (χ0n) is 12.2. The second-order valence-corrected chi connectivity index (χ2v) is 6.61. The van der Waals surface area contributed by atoms with E-state index in [1.165, 1.54) is 10.4 Å². The van der Waals surface area contributed by atoms with Crippen LogP contribution in [0.5, 0.6) is 0 Å². The van der Waals surface area contributed by atoms with Crippen LogP contribution in [-0.4, -0.2) is 20.1 Å². The van der Waals surface area contributed by atoms with Crippen LogP contribution in [0.4, 0.5) is 5.69 Å². The third-order valence-corrected chi connectivity index (χ3v) is 5.31. The first-order valence-electron chi connectivity index (χ1n) is 6.79. The third-order valence-electron chi connectivity index (χ3n) is 3.41. The lowest BCUT2D eigenvalue weighted by Gasteiger charge is -2.23. The van der Waals surface area contributed by atoms with Gasteiger partial charge < -0.3 is 5.11 Å². The van der Waals surface area contributed by atoms with Gasteiger partial charge in [0.05, 0.1) is 17.2 Å². The van der Waals surface area contributed by atoms with Crippen LogP contribution in [0, 0.1) is 6.92 Å². The van der Waals surface area contributed by atoms with Crippen molar-refractivity contribution in [2.45, 2.75) is 25.3 Å². The summed E-state index contributed by atoms with van der Waals surface area (Å²) in [5.41, 5.74) is 2.13. The number of nitrogens with zero attached hydrogens (tertiary/aromatic N) is 1. The lowest BCUT2D eigenvalue weighted by molar-refractivity contribution is 0.280. The molecule has 112 valence electrons. The highest BCUT2D eigenvalue weighted by atomic mass is 32.2. The quantitative estimate of drug-likeness (QED) is 0.924. The molecule has 0 saturated carbocycles. The van der Waals surface area contributed by atoms with Crippen molar-refractivity contribution in [2.75, 3.05) is 10.8 Å². The molecular formula is C16H19NO3S. The SMILES string of the molecule is CCN(c1ccccc1)S(=O)(=O)c1ccc(C)c(CO)c1. The molecule has 0 aliphatic carbocycles. The normalized spacial score (nSPS) is 11.4. The Kier molecular flexibility index (Phi) is 4.65. The molecule has 0 atom stereocenters. The molecule has 0 aromatic heterocycles. The van der Waals surface area contributed by atoms with E-state index in [0.29, 0.717) is 17.8 Å². The number of aliphatic hydroxyl groups excluding tert-OH is 1. The molecule has 4 nitrogen and oxygen atoms in total. The van der Waals surface area contributed by atoms with Crippen LogP contribution >= 0.6 is 0 Å². The number of aryl methyl sites for hydroxylation is 1. The summed E-state index contributed by atoms with van der Waals surface area (Å²) in [6, 6.07) is 13.8. The van der Waals surface area contributed by atoms with Gasteiger partial charge in [0, 0.05) is 6.54 Å². The van der Waals surface area contributed by atoms with Gasteiger partial charge in [-0.25, -0.2) is 8.42 Å². The minimum atomic E-state index is -3.63. The Labute approximate surface area is 125 Å². The number of rotatable bonds is 5. The zero-order chi connectivity index (χ0) is 15.5. The summed E-state index contributed by atoms with van der Waals surface area (Å²) >= 11 is 0. The van der Waals surface area contributed by atoms with Gasteiger partial charge in [-0.3, -0.25) is 4.31 Å². The molecule has 0 bridgehead atoms. The van der Waals surface area contributed by atoms with Crippen LogP contribution < -0.4 is 4.31 Å². The van der Waals surface area contributed by atoms with Crippen molar-refractivity contribution in [1.29, 1.82) is 0 Å². The van der Waals surface area contributed by atoms with Gasteiger partial charge in [-0.05, 0) is 49.2 Å². The largest absolute Gasteiger partial charge is 0.392 e. The highest BCUT2D eigenvalue weighted by Crippen LogP contribution is 2.24. The smallest absolute Gasteiger partial charge is 0.264 e. The van der Waals surface area contributed by atoms with Crippen molar-refractivity contribution in [3.05, 3.63) is 59.7 Å². The first kappa shape index (κ1) is 15.5. The number of anilines is 1. The maximum absolute atomic E-state index is 12.8. The van der Waals surface area contributed by atoms with Crippen LogP contribution in [0.3, 0.4) is 0 Å². The Balaban J connectivity index is 2.50. The van der Waals surface area contributed by atoms with Gasteiger partial charge in [0.25, 0.3) is 10.0 Å². The predicted octanol–water partition coefficient (Wildman–Crippen LogP) is 2.70. The van der Waals surface area contributed by atoms with Crippen LogP contribution in [0.15, 0.2) is 53.4 Å². The molecule has 5 heteroatoms. The number of hydrogen-bond acceptors (Lipinski definition) is 3. The molecule has 0 heterocycles. The summed E-state index contributed by atoms with van der Waals surface area (Å²) in [6.07, 6.45) is 0. The molecule has 0 radical (unpaired) electrons. The van der Waals surface area contributed by atoms with E-state index < -0.39 is 10.0 Å². The van der Waals surface area contributed by atoms with E-state index in [0.717, 1.165) is 5.56 Å². The molecular weight excluding hydrogens is 286 g/mol. The van der Waals surface area contributed by atoms with E-state index in [2.05, 4.69) is 0 Å². The minimum absolute atomic E-state index is 0.174. The second kappa shape index (κ2) is 6.28. The lowest BCUT2D eigenvalue weighted by Crippen LogP contribution is -2.30. The molecule has 0 aliphatic heterocycles. The van der Waals surface area contributed by atoms with Gasteiger partial charge >= 0.3 is 0 Å². The van der Waals surface area contributed by atoms with Gasteiger partial charge in [0.2, 0.25) is 0 Å². The monoisotopic (exact) mass is 305 g/mol. The van der Waals surface area contributed by atoms with Crippen LogP contribution in [0.25, 0.3) is 0 Å². The van der Waals surface area contributed by atoms with Crippen LogP contribution in [0.1, 0.15) is 18.1 Å². The maximum atomic E-state index is 12.8. The molecule has 21 heavy (non-hydrogen) atoms. The highest BCUT2D eigenvalue weighted by Gasteiger charge is 2.23. The maximum Gasteiger partial charge on any atom is 0.264 e. The highest BCUT2D eigenvalue weighted by molar-refractivity contribution is 7.92. The van der Waals surface area contributed by atoms with Gasteiger partial charge in [0.1, 0.15) is 0 Å². The summed E-state index contributed by atoms with van der Waals surface area (Å²) in [4.78, 5) is 0.197. The van der Waals surface area contributed by atoms with Gasteiger partial charge in [0.15, 0.2) is 0 Å². The molecule has 2 aromatic rings. The summed E-state index contributed by atoms with van der Waals surface area (Å²) in [5.74, 6) is 0. The number of hydrogen-bond donors (Lipinski definition) is 1. The fourth-order valence-electron chi connectivity index (χ4n) is 2.19. The molecule has 0 saturated heterocycles. The van der Waals surface area contributed by atoms with Crippen molar-refractivity contribution in [3.8, 4) is 0 Å². The van der Waals surface area contributed by atoms with Crippen molar-refractivity contribution in [2.24, 2.45) is 0 Å². The molecule has 0 spiro atoms. The lowest BCUT2D eigenvalue weighted by atomic mass is 10.1. The average Bonchev–Trinajstić information content (AvgIpc) is 2.49. The molecule has 0 unspecified atom stereocenters. The zero-order valence-corrected chi connectivity index (χ0v) is 13.0. The van der Waals surface area contributed by atoms with Crippen molar-refractivity contribution < 1.29 is 13.5 Å². The van der Waals surface area contributed by atoms with E-state index in [4.69, 9.17) is 0 Å². The van der Waals surface area contributed by atoms with Crippen molar-refractivity contribution in [3.63, 3.8) is 0 Å². The summed E-state index contributed by atoms with van der Waals surface area (Å²) in [6.45, 7) is 3.81. The van der Waals surface area contributed by atoms with Gasteiger partial charge in [-0.2, -0.15) is 0 Å². The first-order chi connectivity index (χ1) is 10.0. The summed E-state index contributed by atoms with van der Waals surface area (Å²) in [7, 11) is -3.63. The Bertz CT molecular complexity index is 712. The van der Waals surface area contributed by atoms with Gasteiger partial charge in [-0.1, -0.05) is 24.3 Å². The van der Waals surface area contributed by atoms with Crippen LogP contribution in [-0.2, 0) is 16.6 Å². The predicted molar refractivity (Wildman–Crippen MR) is 83.7 cm³/mol. The van der Waals surface area contributed by atoms with E-state index >= 15 is 0 Å². The molecule has 2 aromatic carbocycles. The second-order valence-electron chi connectivity index (χ2n) is 4.75. The summed E-state index contributed by atoms with van der Waals surface area (Å²) in [5, 5.41) is 9.31. The van der Waals surface area contributed by atoms with Crippen molar-refractivity contribution >= 4 is 15.7 Å². The minimum Gasteiger partial charge on any atom is -0.392 e. The first-order valence-corrected chi connectivity index (χ1v) is 8.23. The molecule has 0 aliphatic rings. The Hall–Kier alpha value is -1.85. The molecule has 0 fully saturated rings. The molecule has 1 N–H and O–H groups in total. The number of benzene rings is 2. The fraction of sp³-hybridized carbons (Fsp3) is 0.250. The number of para-hydroxylation sites is 1. The Morgan fingerprint density at radius 2 is 1.76 bits per heavy atom. The molecule has 2 rings (SSSR count). The van der Waals surface area contributed by atoms with E-state index in [9.17, 15) is 13.5 Å². The number of aliphatic hydroxyl groups is 1. The molecule has 0 amide bonds. The fourth-order valence-corrected chi connectivity index (χ4v) is 3.72. The van der Waals surface area contributed by atoms with Crippen molar-refractivity contribution in [1.82, 2.24) is 0 Å². The van der Waals surface area contributed by atoms with Crippen LogP contribution in [0.2, 0.25) is 0 Å². The topological polar surface area (TPSA) is 57.6 Å².